The molecular formula is C11H12FN3OS. The third-order valence-electron chi connectivity index (χ3n) is 2.40. The maximum absolute atomic E-state index is 13.5. The van der Waals surface area contributed by atoms with Gasteiger partial charge in [0, 0.05) is 17.6 Å². The highest BCUT2D eigenvalue weighted by Crippen LogP contribution is 2.24. The van der Waals surface area contributed by atoms with Gasteiger partial charge >= 0.3 is 0 Å². The summed E-state index contributed by atoms with van der Waals surface area (Å²) < 4.78 is 22.1. The minimum absolute atomic E-state index is 0.0161. The van der Waals surface area contributed by atoms with E-state index in [0.29, 0.717) is 0 Å². The Hall–Kier alpha value is -1.69. The summed E-state index contributed by atoms with van der Waals surface area (Å²) >= 11 is 1.27. The zero-order chi connectivity index (χ0) is 12.3. The second-order valence-electron chi connectivity index (χ2n) is 3.54. The number of benzene rings is 1. The first kappa shape index (κ1) is 11.8. The van der Waals surface area contributed by atoms with Crippen molar-refractivity contribution in [3.8, 4) is 5.75 Å². The van der Waals surface area contributed by atoms with Crippen LogP contribution in [0.25, 0.3) is 0 Å². The van der Waals surface area contributed by atoms with E-state index in [1.165, 1.54) is 24.7 Å². The molecule has 90 valence electrons. The molecule has 2 rings (SSSR count). The van der Waals surface area contributed by atoms with Gasteiger partial charge in [-0.3, -0.25) is 0 Å². The molecule has 0 fully saturated rings. The minimum Gasteiger partial charge on any atom is -0.494 e. The molecule has 0 aliphatic rings. The molecule has 0 saturated heterocycles. The van der Waals surface area contributed by atoms with Crippen LogP contribution in [-0.2, 0) is 0 Å². The van der Waals surface area contributed by atoms with Gasteiger partial charge in [0.2, 0.25) is 0 Å². The monoisotopic (exact) mass is 253 g/mol. The van der Waals surface area contributed by atoms with Crippen LogP contribution in [0.2, 0.25) is 0 Å². The Bertz CT molecular complexity index is 489. The van der Waals surface area contributed by atoms with Crippen molar-refractivity contribution in [2.75, 3.05) is 12.4 Å². The maximum atomic E-state index is 13.5. The van der Waals surface area contributed by atoms with E-state index in [-0.39, 0.29) is 17.6 Å². The molecule has 0 saturated carbocycles. The molecule has 0 spiro atoms. The molecule has 0 amide bonds. The lowest BCUT2D eigenvalue weighted by Gasteiger charge is -2.14. The highest BCUT2D eigenvalue weighted by Gasteiger charge is 2.10. The molecule has 2 aromatic rings. The number of halogens is 1. The SMILES string of the molecule is COc1ccc(C(C)Nc2cnns2)cc1F. The fraction of sp³-hybridized carbons (Fsp3) is 0.273. The fourth-order valence-corrected chi connectivity index (χ4v) is 1.99. The van der Waals surface area contributed by atoms with Gasteiger partial charge in [0.1, 0.15) is 5.00 Å². The first-order valence-electron chi connectivity index (χ1n) is 5.08. The van der Waals surface area contributed by atoms with E-state index in [9.17, 15) is 4.39 Å². The number of nitrogens with one attached hydrogen (secondary N) is 1. The first-order valence-corrected chi connectivity index (χ1v) is 5.85. The van der Waals surface area contributed by atoms with Gasteiger partial charge in [-0.15, -0.1) is 5.10 Å². The number of aromatic nitrogens is 2. The van der Waals surface area contributed by atoms with Crippen LogP contribution in [0.5, 0.6) is 5.75 Å². The fourth-order valence-electron chi connectivity index (χ4n) is 1.48. The quantitative estimate of drug-likeness (QED) is 0.910. The van der Waals surface area contributed by atoms with Gasteiger partial charge < -0.3 is 10.1 Å². The summed E-state index contributed by atoms with van der Waals surface area (Å²) in [5.74, 6) is -0.110. The van der Waals surface area contributed by atoms with Gasteiger partial charge in [-0.25, -0.2) is 4.39 Å². The highest BCUT2D eigenvalue weighted by atomic mass is 32.1. The second-order valence-corrected chi connectivity index (χ2v) is 4.33. The first-order chi connectivity index (χ1) is 8.20. The number of anilines is 1. The smallest absolute Gasteiger partial charge is 0.165 e. The molecule has 1 atom stereocenters. The van der Waals surface area contributed by atoms with Crippen LogP contribution in [-0.4, -0.2) is 16.7 Å². The summed E-state index contributed by atoms with van der Waals surface area (Å²) in [6.07, 6.45) is 1.64. The molecule has 1 heterocycles. The summed E-state index contributed by atoms with van der Waals surface area (Å²) in [6, 6.07) is 4.89. The lowest BCUT2D eigenvalue weighted by molar-refractivity contribution is 0.386. The summed E-state index contributed by atoms with van der Waals surface area (Å²) in [5.41, 5.74) is 0.844. The number of hydrogen-bond acceptors (Lipinski definition) is 5. The normalized spacial score (nSPS) is 12.2. The van der Waals surface area contributed by atoms with E-state index in [4.69, 9.17) is 4.74 Å². The van der Waals surface area contributed by atoms with Crippen LogP contribution in [0.1, 0.15) is 18.5 Å². The third kappa shape index (κ3) is 2.71. The lowest BCUT2D eigenvalue weighted by Crippen LogP contribution is -2.06. The Morgan fingerprint density at radius 2 is 2.29 bits per heavy atom. The number of rotatable bonds is 4. The van der Waals surface area contributed by atoms with Crippen molar-refractivity contribution >= 4 is 16.5 Å². The van der Waals surface area contributed by atoms with Crippen LogP contribution in [0, 0.1) is 5.82 Å². The van der Waals surface area contributed by atoms with Gasteiger partial charge in [0.25, 0.3) is 0 Å². The summed E-state index contributed by atoms with van der Waals surface area (Å²) in [7, 11) is 1.45. The van der Waals surface area contributed by atoms with E-state index in [1.54, 1.807) is 12.3 Å². The second kappa shape index (κ2) is 5.09. The molecule has 1 N–H and O–H groups in total. The molecule has 1 aromatic carbocycles. The molecule has 1 unspecified atom stereocenters. The largest absolute Gasteiger partial charge is 0.494 e. The zero-order valence-electron chi connectivity index (χ0n) is 9.48. The Labute approximate surface area is 103 Å². The summed E-state index contributed by atoms with van der Waals surface area (Å²) in [5, 5.41) is 7.77. The van der Waals surface area contributed by atoms with Gasteiger partial charge in [0.15, 0.2) is 11.6 Å². The molecule has 0 aliphatic carbocycles. The van der Waals surface area contributed by atoms with Crippen LogP contribution in [0.3, 0.4) is 0 Å². The van der Waals surface area contributed by atoms with Crippen LogP contribution in [0.15, 0.2) is 24.4 Å². The zero-order valence-corrected chi connectivity index (χ0v) is 10.3. The van der Waals surface area contributed by atoms with Crippen LogP contribution >= 0.6 is 11.5 Å². The van der Waals surface area contributed by atoms with Crippen molar-refractivity contribution in [2.45, 2.75) is 13.0 Å². The Balaban J connectivity index is 2.14. The van der Waals surface area contributed by atoms with E-state index >= 15 is 0 Å². The van der Waals surface area contributed by atoms with Gasteiger partial charge in [-0.05, 0) is 24.6 Å². The number of methoxy groups -OCH3 is 1. The number of hydrogen-bond donors (Lipinski definition) is 1. The van der Waals surface area contributed by atoms with Gasteiger partial charge in [0.05, 0.1) is 13.3 Å². The summed E-state index contributed by atoms with van der Waals surface area (Å²) in [6.45, 7) is 1.95. The summed E-state index contributed by atoms with van der Waals surface area (Å²) in [4.78, 5) is 0. The molecule has 6 heteroatoms. The Morgan fingerprint density at radius 3 is 2.88 bits per heavy atom. The van der Waals surface area contributed by atoms with E-state index in [0.717, 1.165) is 10.6 Å². The van der Waals surface area contributed by atoms with Crippen molar-refractivity contribution in [1.29, 1.82) is 0 Å². The van der Waals surface area contributed by atoms with Crippen LogP contribution in [0.4, 0.5) is 9.39 Å². The van der Waals surface area contributed by atoms with Crippen molar-refractivity contribution < 1.29 is 9.13 Å². The predicted octanol–water partition coefficient (Wildman–Crippen LogP) is 2.86. The van der Waals surface area contributed by atoms with Crippen molar-refractivity contribution in [2.24, 2.45) is 0 Å². The van der Waals surface area contributed by atoms with E-state index in [1.807, 2.05) is 13.0 Å². The predicted molar refractivity (Wildman–Crippen MR) is 64.9 cm³/mol. The van der Waals surface area contributed by atoms with E-state index < -0.39 is 0 Å². The molecule has 0 aliphatic heterocycles. The molecule has 1 aromatic heterocycles. The van der Waals surface area contributed by atoms with Crippen molar-refractivity contribution in [1.82, 2.24) is 9.59 Å². The third-order valence-corrected chi connectivity index (χ3v) is 2.99. The van der Waals surface area contributed by atoms with Crippen molar-refractivity contribution in [3.63, 3.8) is 0 Å². The standard InChI is InChI=1S/C11H12FN3OS/c1-7(14-11-6-13-15-17-11)8-3-4-10(16-2)9(12)5-8/h3-7,14H,1-2H3. The van der Waals surface area contributed by atoms with Crippen LogP contribution < -0.4 is 10.1 Å². The molecule has 17 heavy (non-hydrogen) atoms. The Kier molecular flexibility index (Phi) is 3.53. The van der Waals surface area contributed by atoms with Gasteiger partial charge in [-0.1, -0.05) is 10.6 Å². The minimum atomic E-state index is -0.360. The van der Waals surface area contributed by atoms with Gasteiger partial charge in [-0.2, -0.15) is 0 Å². The Morgan fingerprint density at radius 1 is 1.47 bits per heavy atom. The average Bonchev–Trinajstić information content (AvgIpc) is 2.81. The maximum Gasteiger partial charge on any atom is 0.165 e. The molecule has 4 nitrogen and oxygen atoms in total. The number of ether oxygens (including phenoxy) is 1. The molecular weight excluding hydrogens is 241 g/mol. The average molecular weight is 253 g/mol. The lowest BCUT2D eigenvalue weighted by atomic mass is 10.1. The highest BCUT2D eigenvalue weighted by molar-refractivity contribution is 7.09. The molecule has 0 radical (unpaired) electrons. The number of nitrogens with zero attached hydrogens (tertiary/aromatic N) is 2. The topological polar surface area (TPSA) is 47.0 Å². The van der Waals surface area contributed by atoms with Crippen molar-refractivity contribution in [3.05, 3.63) is 35.8 Å². The van der Waals surface area contributed by atoms with E-state index in [2.05, 4.69) is 14.9 Å². The molecule has 0 bridgehead atoms.